The fourth-order valence-electron chi connectivity index (χ4n) is 5.78. The van der Waals surface area contributed by atoms with Gasteiger partial charge >= 0.3 is 19.8 Å². The lowest BCUT2D eigenvalue weighted by molar-refractivity contribution is -0.161. The third kappa shape index (κ3) is 40.8. The molecule has 0 aromatic rings. The second-order valence-corrected chi connectivity index (χ2v) is 15.2. The van der Waals surface area contributed by atoms with Crippen LogP contribution in [-0.2, 0) is 28.2 Å². The van der Waals surface area contributed by atoms with Crippen LogP contribution < -0.4 is 0 Å². The molecule has 0 aliphatic heterocycles. The van der Waals surface area contributed by atoms with Gasteiger partial charge in [-0.3, -0.25) is 14.1 Å². The number of unbranched alkanes of at least 4 members (excludes halogenated alkanes) is 20. The Bertz CT molecular complexity index is 984. The maximum atomic E-state index is 12.4. The molecule has 0 radical (unpaired) electrons. The monoisotopic (exact) mass is 753 g/mol. The molecule has 0 saturated carbocycles. The van der Waals surface area contributed by atoms with E-state index in [4.69, 9.17) is 19.3 Å². The normalized spacial score (nSPS) is 12.9. The number of carbonyl (C=O) groups excluding carboxylic acids is 2. The maximum absolute atomic E-state index is 12.4. The second-order valence-electron chi connectivity index (χ2n) is 13.9. The number of ether oxygens (including phenoxy) is 2. The van der Waals surface area contributed by atoms with E-state index in [2.05, 4.69) is 67.0 Å². The van der Waals surface area contributed by atoms with E-state index >= 15 is 0 Å². The second kappa shape index (κ2) is 38.7. The van der Waals surface area contributed by atoms with Gasteiger partial charge in [-0.05, 0) is 51.4 Å². The average Bonchev–Trinajstić information content (AvgIpc) is 3.11. The van der Waals surface area contributed by atoms with Crippen molar-refractivity contribution in [1.29, 1.82) is 0 Å². The Kier molecular flexibility index (Phi) is 37.2. The zero-order valence-corrected chi connectivity index (χ0v) is 34.1. The van der Waals surface area contributed by atoms with E-state index in [9.17, 15) is 14.2 Å². The van der Waals surface area contributed by atoms with Gasteiger partial charge in [-0.1, -0.05) is 178 Å². The molecule has 0 amide bonds. The number of hydrogen-bond acceptors (Lipinski definition) is 6. The lowest BCUT2D eigenvalue weighted by atomic mass is 10.0. The first-order valence-corrected chi connectivity index (χ1v) is 22.5. The Morgan fingerprint density at radius 2 is 0.923 bits per heavy atom. The molecule has 0 bridgehead atoms. The van der Waals surface area contributed by atoms with Crippen LogP contribution in [-0.4, -0.2) is 41.0 Å². The molecule has 0 aromatic carbocycles. The van der Waals surface area contributed by atoms with Crippen LogP contribution in [0.5, 0.6) is 0 Å². The minimum Gasteiger partial charge on any atom is -0.462 e. The lowest BCUT2D eigenvalue weighted by Gasteiger charge is -2.18. The average molecular weight is 753 g/mol. The van der Waals surface area contributed by atoms with E-state index in [1.54, 1.807) is 0 Å². The predicted molar refractivity (Wildman–Crippen MR) is 216 cm³/mol. The summed E-state index contributed by atoms with van der Waals surface area (Å²) in [6.07, 6.45) is 46.9. The first kappa shape index (κ1) is 50.0. The smallest absolute Gasteiger partial charge is 0.462 e. The predicted octanol–water partition coefficient (Wildman–Crippen LogP) is 12.7. The van der Waals surface area contributed by atoms with Gasteiger partial charge in [0.2, 0.25) is 0 Å². The molecule has 9 heteroatoms. The largest absolute Gasteiger partial charge is 0.469 e. The van der Waals surface area contributed by atoms with Crippen molar-refractivity contribution in [3.63, 3.8) is 0 Å². The molecule has 1 unspecified atom stereocenters. The number of rotatable bonds is 38. The molecule has 0 aromatic heterocycles. The van der Waals surface area contributed by atoms with E-state index in [0.717, 1.165) is 70.6 Å². The van der Waals surface area contributed by atoms with Crippen molar-refractivity contribution in [3.05, 3.63) is 48.6 Å². The lowest BCUT2D eigenvalue weighted by Crippen LogP contribution is -2.29. The van der Waals surface area contributed by atoms with Gasteiger partial charge in [-0.15, -0.1) is 0 Å². The van der Waals surface area contributed by atoms with Crippen LogP contribution in [0.15, 0.2) is 48.6 Å². The first-order chi connectivity index (χ1) is 25.3. The number of carbonyl (C=O) groups is 2. The van der Waals surface area contributed by atoms with Gasteiger partial charge in [0.05, 0.1) is 6.61 Å². The van der Waals surface area contributed by atoms with Crippen LogP contribution >= 0.6 is 7.82 Å². The topological polar surface area (TPSA) is 119 Å². The summed E-state index contributed by atoms with van der Waals surface area (Å²) in [6.45, 7) is 3.56. The van der Waals surface area contributed by atoms with Gasteiger partial charge in [0, 0.05) is 12.8 Å². The van der Waals surface area contributed by atoms with E-state index in [1.807, 2.05) is 0 Å². The summed E-state index contributed by atoms with van der Waals surface area (Å²) in [4.78, 5) is 42.8. The molecule has 0 aliphatic rings. The van der Waals surface area contributed by atoms with E-state index in [-0.39, 0.29) is 19.4 Å². The highest BCUT2D eigenvalue weighted by atomic mass is 31.2. The maximum Gasteiger partial charge on any atom is 0.469 e. The number of phosphoric acid groups is 1. The summed E-state index contributed by atoms with van der Waals surface area (Å²) < 4.78 is 26.4. The molecule has 2 N–H and O–H groups in total. The Labute approximate surface area is 318 Å². The Morgan fingerprint density at radius 1 is 0.519 bits per heavy atom. The zero-order chi connectivity index (χ0) is 38.2. The van der Waals surface area contributed by atoms with Gasteiger partial charge in [-0.2, -0.15) is 0 Å². The van der Waals surface area contributed by atoms with Crippen LogP contribution in [0.25, 0.3) is 0 Å². The van der Waals surface area contributed by atoms with Crippen LogP contribution in [0, 0.1) is 0 Å². The fraction of sp³-hybridized carbons (Fsp3) is 0.767. The molecule has 52 heavy (non-hydrogen) atoms. The van der Waals surface area contributed by atoms with Gasteiger partial charge in [-0.25, -0.2) is 4.57 Å². The van der Waals surface area contributed by atoms with E-state index in [1.165, 1.54) is 89.9 Å². The molecule has 0 fully saturated rings. The molecule has 0 spiro atoms. The van der Waals surface area contributed by atoms with Crippen molar-refractivity contribution in [2.75, 3.05) is 13.2 Å². The van der Waals surface area contributed by atoms with Crippen molar-refractivity contribution in [3.8, 4) is 0 Å². The highest BCUT2D eigenvalue weighted by Crippen LogP contribution is 2.36. The molecule has 8 nitrogen and oxygen atoms in total. The van der Waals surface area contributed by atoms with Crippen molar-refractivity contribution >= 4 is 19.8 Å². The van der Waals surface area contributed by atoms with Crippen molar-refractivity contribution in [1.82, 2.24) is 0 Å². The fourth-order valence-corrected chi connectivity index (χ4v) is 6.14. The van der Waals surface area contributed by atoms with E-state index < -0.39 is 32.5 Å². The van der Waals surface area contributed by atoms with Crippen molar-refractivity contribution in [2.45, 2.75) is 200 Å². The Hall–Kier alpha value is -1.99. The highest BCUT2D eigenvalue weighted by Gasteiger charge is 2.22. The summed E-state index contributed by atoms with van der Waals surface area (Å²) in [5.74, 6) is -0.908. The third-order valence-corrected chi connectivity index (χ3v) is 9.35. The minimum atomic E-state index is -4.76. The molecule has 0 aliphatic carbocycles. The molecule has 1 atom stereocenters. The molecular weight excluding hydrogens is 675 g/mol. The summed E-state index contributed by atoms with van der Waals surface area (Å²) >= 11 is 0. The molecule has 0 rings (SSSR count). The van der Waals surface area contributed by atoms with Crippen LogP contribution in [0.1, 0.15) is 194 Å². The molecule has 302 valence electrons. The van der Waals surface area contributed by atoms with Crippen molar-refractivity contribution < 1.29 is 37.9 Å². The minimum absolute atomic E-state index is 0.184. The number of phosphoric ester groups is 1. The van der Waals surface area contributed by atoms with Crippen LogP contribution in [0.2, 0.25) is 0 Å². The summed E-state index contributed by atoms with van der Waals surface area (Å²) in [5.41, 5.74) is 0. The van der Waals surface area contributed by atoms with Gasteiger partial charge in [0.25, 0.3) is 0 Å². The first-order valence-electron chi connectivity index (χ1n) is 20.9. The van der Waals surface area contributed by atoms with Gasteiger partial charge in [0.1, 0.15) is 6.61 Å². The Morgan fingerprint density at radius 3 is 1.38 bits per heavy atom. The quantitative estimate of drug-likeness (QED) is 0.0277. The standard InChI is InChI=1S/C43H77O8P/c1-3-5-7-9-11-13-15-17-19-21-23-25-27-29-31-33-35-37-42(44)49-39-41(40-50-52(46,47)48)51-43(45)38-36-34-32-30-28-26-24-22-20-18-16-14-12-10-8-6-4-2/h6,8,12,14,18,20,24,26,41H,3-5,7,9-11,13,15-17,19,21-23,25,27-40H2,1-2H3,(H2,46,47,48)/b8-6-,14-12-,20-18-,26-24-. The Balaban J connectivity index is 3.95. The van der Waals surface area contributed by atoms with Crippen LogP contribution in [0.4, 0.5) is 0 Å². The summed E-state index contributed by atoms with van der Waals surface area (Å²) in [6, 6.07) is 0. The zero-order valence-electron chi connectivity index (χ0n) is 33.2. The highest BCUT2D eigenvalue weighted by molar-refractivity contribution is 7.46. The summed E-state index contributed by atoms with van der Waals surface area (Å²) in [7, 11) is -4.76. The van der Waals surface area contributed by atoms with Gasteiger partial charge in [0.15, 0.2) is 6.10 Å². The van der Waals surface area contributed by atoms with E-state index in [0.29, 0.717) is 6.42 Å². The SMILES string of the molecule is CC/C=C\C/C=C\C/C=C\C/C=C\CCCCCCC(=O)OC(COC(=O)CCCCCCCCCCCCCCCCCCC)COP(=O)(O)O. The number of allylic oxidation sites excluding steroid dienone is 8. The van der Waals surface area contributed by atoms with Gasteiger partial charge < -0.3 is 19.3 Å². The molecular formula is C43H77O8P. The molecule has 0 saturated heterocycles. The summed E-state index contributed by atoms with van der Waals surface area (Å²) in [5, 5.41) is 0. The third-order valence-electron chi connectivity index (χ3n) is 8.86. The van der Waals surface area contributed by atoms with Crippen LogP contribution in [0.3, 0.4) is 0 Å². The van der Waals surface area contributed by atoms with Crippen molar-refractivity contribution in [2.24, 2.45) is 0 Å². The number of hydrogen-bond donors (Lipinski definition) is 2. The number of esters is 2. The molecule has 0 heterocycles.